The summed E-state index contributed by atoms with van der Waals surface area (Å²) < 4.78 is 32.7. The summed E-state index contributed by atoms with van der Waals surface area (Å²) in [7, 11) is -3.67. The van der Waals surface area contributed by atoms with Crippen molar-refractivity contribution >= 4 is 27.5 Å². The number of hydrogen-bond acceptors (Lipinski definition) is 5. The number of nitrogens with zero attached hydrogens (tertiary/aromatic N) is 2. The van der Waals surface area contributed by atoms with Gasteiger partial charge in [-0.3, -0.25) is 9.59 Å². The van der Waals surface area contributed by atoms with E-state index in [1.807, 2.05) is 32.0 Å². The zero-order valence-electron chi connectivity index (χ0n) is 17.9. The van der Waals surface area contributed by atoms with Crippen LogP contribution >= 0.6 is 0 Å². The Bertz CT molecular complexity index is 1060. The fraction of sp³-hybridized carbons (Fsp3) is 0.364. The van der Waals surface area contributed by atoms with Crippen LogP contribution in [0.5, 0.6) is 5.75 Å². The van der Waals surface area contributed by atoms with Gasteiger partial charge in [-0.15, -0.1) is 0 Å². The quantitative estimate of drug-likeness (QED) is 0.735. The largest absolute Gasteiger partial charge is 0.484 e. The molecule has 1 N–H and O–H groups in total. The molecule has 1 aliphatic heterocycles. The van der Waals surface area contributed by atoms with Crippen LogP contribution in [-0.2, 0) is 19.6 Å². The lowest BCUT2D eigenvalue weighted by Crippen LogP contribution is -2.51. The lowest BCUT2D eigenvalue weighted by atomic mass is 10.1. The van der Waals surface area contributed by atoms with E-state index in [0.717, 1.165) is 11.1 Å². The van der Waals surface area contributed by atoms with Crippen LogP contribution in [0.2, 0.25) is 0 Å². The second kappa shape index (κ2) is 9.49. The smallest absolute Gasteiger partial charge is 0.260 e. The third kappa shape index (κ3) is 5.62. The minimum absolute atomic E-state index is 0.0835. The lowest BCUT2D eigenvalue weighted by Gasteiger charge is -2.34. The predicted octanol–water partition coefficient (Wildman–Crippen LogP) is 2.17. The third-order valence-electron chi connectivity index (χ3n) is 5.24. The molecule has 0 radical (unpaired) electrons. The van der Waals surface area contributed by atoms with Gasteiger partial charge in [0.25, 0.3) is 5.91 Å². The van der Waals surface area contributed by atoms with Gasteiger partial charge in [-0.25, -0.2) is 8.42 Å². The zero-order valence-corrected chi connectivity index (χ0v) is 18.7. The molecule has 1 heterocycles. The van der Waals surface area contributed by atoms with E-state index >= 15 is 0 Å². The molecular formula is C22H27N3O5S. The van der Waals surface area contributed by atoms with E-state index in [1.54, 1.807) is 17.0 Å². The van der Waals surface area contributed by atoms with Gasteiger partial charge in [-0.05, 0) is 61.4 Å². The molecule has 0 saturated carbocycles. The maximum absolute atomic E-state index is 12.9. The number of carbonyl (C=O) groups excluding carboxylic acids is 2. The zero-order chi connectivity index (χ0) is 22.6. The average Bonchev–Trinajstić information content (AvgIpc) is 2.74. The van der Waals surface area contributed by atoms with Crippen LogP contribution in [0.15, 0.2) is 47.4 Å². The van der Waals surface area contributed by atoms with Gasteiger partial charge in [0.1, 0.15) is 5.75 Å². The minimum atomic E-state index is -3.67. The van der Waals surface area contributed by atoms with Crippen LogP contribution < -0.4 is 10.1 Å². The third-order valence-corrected chi connectivity index (χ3v) is 7.16. The van der Waals surface area contributed by atoms with E-state index < -0.39 is 10.0 Å². The summed E-state index contributed by atoms with van der Waals surface area (Å²) in [4.78, 5) is 25.3. The molecule has 1 saturated heterocycles. The van der Waals surface area contributed by atoms with Crippen LogP contribution in [0.4, 0.5) is 5.69 Å². The molecule has 9 heteroatoms. The Kier molecular flexibility index (Phi) is 6.97. The van der Waals surface area contributed by atoms with Crippen molar-refractivity contribution in [3.63, 3.8) is 0 Å². The van der Waals surface area contributed by atoms with Crippen molar-refractivity contribution in [2.75, 3.05) is 38.1 Å². The Labute approximate surface area is 182 Å². The molecular weight excluding hydrogens is 418 g/mol. The van der Waals surface area contributed by atoms with Crippen molar-refractivity contribution in [2.24, 2.45) is 0 Å². The number of hydrogen-bond donors (Lipinski definition) is 1. The Balaban J connectivity index is 1.54. The van der Waals surface area contributed by atoms with Crippen molar-refractivity contribution in [2.45, 2.75) is 25.7 Å². The lowest BCUT2D eigenvalue weighted by molar-refractivity contribution is -0.134. The first-order valence-corrected chi connectivity index (χ1v) is 11.5. The van der Waals surface area contributed by atoms with E-state index in [2.05, 4.69) is 5.32 Å². The maximum atomic E-state index is 12.9. The number of anilines is 1. The summed E-state index contributed by atoms with van der Waals surface area (Å²) in [6, 6.07) is 11.7. The number of amides is 2. The van der Waals surface area contributed by atoms with E-state index in [0.29, 0.717) is 24.5 Å². The fourth-order valence-electron chi connectivity index (χ4n) is 3.28. The first kappa shape index (κ1) is 22.8. The van der Waals surface area contributed by atoms with Crippen LogP contribution in [0.1, 0.15) is 18.1 Å². The highest BCUT2D eigenvalue weighted by Crippen LogP contribution is 2.20. The van der Waals surface area contributed by atoms with E-state index in [1.165, 1.54) is 23.4 Å². The highest BCUT2D eigenvalue weighted by molar-refractivity contribution is 7.89. The normalized spacial score (nSPS) is 14.9. The summed E-state index contributed by atoms with van der Waals surface area (Å²) in [6.07, 6.45) is 0. The molecule has 0 bridgehead atoms. The fourth-order valence-corrected chi connectivity index (χ4v) is 4.70. The van der Waals surface area contributed by atoms with E-state index in [-0.39, 0.29) is 36.4 Å². The Morgan fingerprint density at radius 1 is 0.968 bits per heavy atom. The molecule has 0 spiro atoms. The van der Waals surface area contributed by atoms with Gasteiger partial charge < -0.3 is 15.0 Å². The number of carbonyl (C=O) groups is 2. The Morgan fingerprint density at radius 3 is 2.19 bits per heavy atom. The minimum Gasteiger partial charge on any atom is -0.484 e. The molecule has 1 fully saturated rings. The molecule has 8 nitrogen and oxygen atoms in total. The number of benzene rings is 2. The van der Waals surface area contributed by atoms with E-state index in [4.69, 9.17) is 4.74 Å². The molecule has 0 unspecified atom stereocenters. The first-order chi connectivity index (χ1) is 14.7. The highest BCUT2D eigenvalue weighted by atomic mass is 32.2. The van der Waals surface area contributed by atoms with Crippen LogP contribution in [0, 0.1) is 13.8 Å². The van der Waals surface area contributed by atoms with Crippen molar-refractivity contribution in [3.05, 3.63) is 53.6 Å². The summed E-state index contributed by atoms with van der Waals surface area (Å²) in [5.41, 5.74) is 2.78. The Morgan fingerprint density at radius 2 is 1.61 bits per heavy atom. The van der Waals surface area contributed by atoms with Crippen molar-refractivity contribution < 1.29 is 22.7 Å². The van der Waals surface area contributed by atoms with Gasteiger partial charge in [0.2, 0.25) is 15.9 Å². The molecule has 31 heavy (non-hydrogen) atoms. The number of piperazine rings is 1. The molecule has 3 rings (SSSR count). The molecule has 0 atom stereocenters. The topological polar surface area (TPSA) is 96.0 Å². The second-order valence-electron chi connectivity index (χ2n) is 7.53. The molecule has 0 aromatic heterocycles. The predicted molar refractivity (Wildman–Crippen MR) is 117 cm³/mol. The van der Waals surface area contributed by atoms with Crippen LogP contribution in [0.25, 0.3) is 0 Å². The maximum Gasteiger partial charge on any atom is 0.260 e. The summed E-state index contributed by atoms with van der Waals surface area (Å²) in [5.74, 6) is 0.244. The molecule has 0 aliphatic carbocycles. The average molecular weight is 446 g/mol. The summed E-state index contributed by atoms with van der Waals surface area (Å²) in [6.45, 7) is 6.33. The number of ether oxygens (including phenoxy) is 1. The van der Waals surface area contributed by atoms with Crippen molar-refractivity contribution in [1.29, 1.82) is 0 Å². The van der Waals surface area contributed by atoms with Crippen LogP contribution in [0.3, 0.4) is 0 Å². The van der Waals surface area contributed by atoms with Gasteiger partial charge in [0.05, 0.1) is 4.90 Å². The monoisotopic (exact) mass is 445 g/mol. The summed E-state index contributed by atoms with van der Waals surface area (Å²) in [5, 5.41) is 2.61. The highest BCUT2D eigenvalue weighted by Gasteiger charge is 2.30. The SMILES string of the molecule is CC(=O)Nc1ccc(S(=O)(=O)N2CCN(C(=O)COc3ccc(C)c(C)c3)CC2)cc1. The van der Waals surface area contributed by atoms with Gasteiger partial charge in [-0.1, -0.05) is 6.07 Å². The second-order valence-corrected chi connectivity index (χ2v) is 9.46. The van der Waals surface area contributed by atoms with Gasteiger partial charge in [0.15, 0.2) is 6.61 Å². The number of aryl methyl sites for hydroxylation is 2. The number of rotatable bonds is 6. The number of nitrogens with one attached hydrogen (secondary N) is 1. The summed E-state index contributed by atoms with van der Waals surface area (Å²) >= 11 is 0. The molecule has 2 aromatic carbocycles. The molecule has 2 aromatic rings. The van der Waals surface area contributed by atoms with Crippen LogP contribution in [-0.4, -0.2) is 62.2 Å². The molecule has 2 amide bonds. The molecule has 166 valence electrons. The van der Waals surface area contributed by atoms with Crippen molar-refractivity contribution in [3.8, 4) is 5.75 Å². The molecule has 1 aliphatic rings. The Hall–Kier alpha value is -2.91. The van der Waals surface area contributed by atoms with Gasteiger partial charge >= 0.3 is 0 Å². The first-order valence-electron chi connectivity index (χ1n) is 10.0. The standard InChI is InChI=1S/C22H27N3O5S/c1-16-4-7-20(14-17(16)2)30-15-22(27)24-10-12-25(13-11-24)31(28,29)21-8-5-19(6-9-21)23-18(3)26/h4-9,14H,10-13,15H2,1-3H3,(H,23,26). The van der Waals surface area contributed by atoms with Gasteiger partial charge in [-0.2, -0.15) is 4.31 Å². The van der Waals surface area contributed by atoms with Crippen molar-refractivity contribution in [1.82, 2.24) is 9.21 Å². The number of sulfonamides is 1. The van der Waals surface area contributed by atoms with Gasteiger partial charge in [0, 0.05) is 38.8 Å². The van der Waals surface area contributed by atoms with E-state index in [9.17, 15) is 18.0 Å².